The maximum atomic E-state index is 13.0. The van der Waals surface area contributed by atoms with Gasteiger partial charge in [0.25, 0.3) is 0 Å². The van der Waals surface area contributed by atoms with Crippen molar-refractivity contribution in [2.45, 2.75) is 296 Å². The van der Waals surface area contributed by atoms with E-state index in [2.05, 4.69) is 55.6 Å². The SMILES string of the molecule is CCCCCCC/C=C\C/C=C\C/C=C\CCCCCCCCCCCCCCCCC(=O)NC(COP(=O)(O)OCC[N+](C)(C)C)C(O)CCCCCCCCCCCCCCCCCCC. The second-order valence-electron chi connectivity index (χ2n) is 21.4. The quantitative estimate of drug-likeness (QED) is 0.0243. The van der Waals surface area contributed by atoms with Gasteiger partial charge in [-0.2, -0.15) is 0 Å². The first-order valence-electron chi connectivity index (χ1n) is 29.4. The van der Waals surface area contributed by atoms with E-state index in [1.54, 1.807) is 0 Å². The standard InChI is InChI=1S/C59H115N2O6P/c1-6-8-10-12-14-16-18-20-22-24-25-26-27-28-29-30-31-32-33-34-35-37-39-41-43-45-47-49-51-53-59(63)60-57(56-67-68(64,65)66-55-54-61(3,4)5)58(62)52-50-48-46-44-42-40-38-36-23-21-19-17-15-13-11-9-7-2/h18,20,24-25,27-28,57-58,62H,6-17,19,21-23,26,29-56H2,1-5H3,(H-,60,63,64,65)/p+1/b20-18-,25-24-,28-27-. The minimum atomic E-state index is -4.32. The van der Waals surface area contributed by atoms with Crippen LogP contribution in [0, 0.1) is 0 Å². The van der Waals surface area contributed by atoms with Crippen molar-refractivity contribution < 1.29 is 32.9 Å². The molecule has 0 heterocycles. The molecule has 8 nitrogen and oxygen atoms in total. The molecule has 9 heteroatoms. The van der Waals surface area contributed by atoms with Gasteiger partial charge in [0.1, 0.15) is 13.2 Å². The lowest BCUT2D eigenvalue weighted by Crippen LogP contribution is -2.46. The zero-order chi connectivity index (χ0) is 49.9. The highest BCUT2D eigenvalue weighted by Crippen LogP contribution is 2.43. The van der Waals surface area contributed by atoms with Crippen LogP contribution in [0.5, 0.6) is 0 Å². The molecule has 0 saturated heterocycles. The molecule has 68 heavy (non-hydrogen) atoms. The van der Waals surface area contributed by atoms with Crippen molar-refractivity contribution in [2.75, 3.05) is 40.9 Å². The highest BCUT2D eigenvalue weighted by molar-refractivity contribution is 7.47. The number of rotatable bonds is 54. The van der Waals surface area contributed by atoms with E-state index in [-0.39, 0.29) is 19.1 Å². The lowest BCUT2D eigenvalue weighted by atomic mass is 10.0. The molecule has 0 aliphatic carbocycles. The lowest BCUT2D eigenvalue weighted by molar-refractivity contribution is -0.870. The summed E-state index contributed by atoms with van der Waals surface area (Å²) in [6.07, 6.45) is 64.8. The molecule has 0 fully saturated rings. The molecule has 1 amide bonds. The van der Waals surface area contributed by atoms with Crippen LogP contribution in [0.1, 0.15) is 284 Å². The van der Waals surface area contributed by atoms with Crippen LogP contribution >= 0.6 is 7.82 Å². The molecule has 3 unspecified atom stereocenters. The van der Waals surface area contributed by atoms with E-state index in [9.17, 15) is 19.4 Å². The second kappa shape index (κ2) is 50.7. The first-order chi connectivity index (χ1) is 33.0. The number of phosphoric ester groups is 1. The lowest BCUT2D eigenvalue weighted by Gasteiger charge is -2.26. The van der Waals surface area contributed by atoms with Crippen LogP contribution in [0.3, 0.4) is 0 Å². The van der Waals surface area contributed by atoms with Crippen LogP contribution in [-0.2, 0) is 18.4 Å². The Morgan fingerprint density at radius 2 is 0.838 bits per heavy atom. The number of unbranched alkanes of at least 4 members (excludes halogenated alkanes) is 35. The van der Waals surface area contributed by atoms with Gasteiger partial charge in [-0.3, -0.25) is 13.8 Å². The Hall–Kier alpha value is -1.28. The van der Waals surface area contributed by atoms with Crippen LogP contribution in [0.25, 0.3) is 0 Å². The average molecular weight is 981 g/mol. The second-order valence-corrected chi connectivity index (χ2v) is 22.8. The first kappa shape index (κ1) is 66.7. The van der Waals surface area contributed by atoms with E-state index in [1.807, 2.05) is 21.1 Å². The number of hydrogen-bond acceptors (Lipinski definition) is 5. The number of allylic oxidation sites excluding steroid dienone is 6. The number of quaternary nitrogens is 1. The summed E-state index contributed by atoms with van der Waals surface area (Å²) in [5.74, 6) is -0.142. The fourth-order valence-corrected chi connectivity index (χ4v) is 9.50. The summed E-state index contributed by atoms with van der Waals surface area (Å²) in [5, 5.41) is 14.1. The number of phosphoric acid groups is 1. The van der Waals surface area contributed by atoms with E-state index < -0.39 is 20.0 Å². The van der Waals surface area contributed by atoms with Gasteiger partial charge in [-0.15, -0.1) is 0 Å². The number of aliphatic hydroxyl groups is 1. The van der Waals surface area contributed by atoms with Crippen molar-refractivity contribution in [1.82, 2.24) is 5.32 Å². The van der Waals surface area contributed by atoms with Crippen LogP contribution in [0.2, 0.25) is 0 Å². The normalized spacial score (nSPS) is 14.2. The molecule has 3 N–H and O–H groups in total. The molecule has 0 aliphatic heterocycles. The van der Waals surface area contributed by atoms with Crippen molar-refractivity contribution >= 4 is 13.7 Å². The molecule has 0 aromatic carbocycles. The molecule has 0 aromatic heterocycles. The topological polar surface area (TPSA) is 105 Å². The Morgan fingerprint density at radius 3 is 1.22 bits per heavy atom. The van der Waals surface area contributed by atoms with Crippen LogP contribution < -0.4 is 5.32 Å². The third-order valence-corrected chi connectivity index (χ3v) is 14.4. The first-order valence-corrected chi connectivity index (χ1v) is 30.8. The largest absolute Gasteiger partial charge is 0.472 e. The molecular weight excluding hydrogens is 864 g/mol. The van der Waals surface area contributed by atoms with Gasteiger partial charge >= 0.3 is 7.82 Å². The van der Waals surface area contributed by atoms with Crippen molar-refractivity contribution in [3.63, 3.8) is 0 Å². The number of nitrogens with one attached hydrogen (secondary N) is 1. The molecule has 0 spiro atoms. The zero-order valence-corrected chi connectivity index (χ0v) is 46.8. The number of hydrogen-bond donors (Lipinski definition) is 3. The van der Waals surface area contributed by atoms with Gasteiger partial charge in [0.2, 0.25) is 5.91 Å². The Morgan fingerprint density at radius 1 is 0.500 bits per heavy atom. The van der Waals surface area contributed by atoms with E-state index in [1.165, 1.54) is 205 Å². The van der Waals surface area contributed by atoms with Crippen molar-refractivity contribution in [3.8, 4) is 0 Å². The smallest absolute Gasteiger partial charge is 0.391 e. The summed E-state index contributed by atoms with van der Waals surface area (Å²) in [6.45, 7) is 4.91. The molecule has 0 bridgehead atoms. The van der Waals surface area contributed by atoms with E-state index in [0.29, 0.717) is 23.9 Å². The predicted molar refractivity (Wildman–Crippen MR) is 295 cm³/mol. The van der Waals surface area contributed by atoms with Gasteiger partial charge in [0, 0.05) is 6.42 Å². The fraction of sp³-hybridized carbons (Fsp3) is 0.881. The van der Waals surface area contributed by atoms with Crippen LogP contribution in [0.15, 0.2) is 36.5 Å². The number of carbonyl (C=O) groups excluding carboxylic acids is 1. The Balaban J connectivity index is 4.10. The highest BCUT2D eigenvalue weighted by Gasteiger charge is 2.28. The maximum Gasteiger partial charge on any atom is 0.472 e. The van der Waals surface area contributed by atoms with E-state index in [4.69, 9.17) is 9.05 Å². The van der Waals surface area contributed by atoms with E-state index >= 15 is 0 Å². The fourth-order valence-electron chi connectivity index (χ4n) is 8.76. The van der Waals surface area contributed by atoms with Crippen molar-refractivity contribution in [1.29, 1.82) is 0 Å². The summed E-state index contributed by atoms with van der Waals surface area (Å²) in [4.78, 5) is 23.3. The van der Waals surface area contributed by atoms with Gasteiger partial charge in [-0.25, -0.2) is 4.57 Å². The molecular formula is C59H116N2O6P+. The third-order valence-electron chi connectivity index (χ3n) is 13.4. The molecule has 0 aromatic rings. The molecule has 0 rings (SSSR count). The molecule has 0 radical (unpaired) electrons. The number of aliphatic hydroxyl groups excluding tert-OH is 1. The van der Waals surface area contributed by atoms with Gasteiger partial charge in [-0.1, -0.05) is 262 Å². The number of likely N-dealkylation sites (N-methyl/N-ethyl adjacent to an activating group) is 1. The number of amides is 1. The molecule has 402 valence electrons. The minimum absolute atomic E-state index is 0.0754. The average Bonchev–Trinajstić information content (AvgIpc) is 3.30. The van der Waals surface area contributed by atoms with E-state index in [0.717, 1.165) is 51.4 Å². The number of carbonyl (C=O) groups is 1. The zero-order valence-electron chi connectivity index (χ0n) is 45.9. The summed E-state index contributed by atoms with van der Waals surface area (Å²) in [5.41, 5.74) is 0. The van der Waals surface area contributed by atoms with Gasteiger partial charge in [-0.05, 0) is 51.4 Å². The van der Waals surface area contributed by atoms with Crippen LogP contribution in [0.4, 0.5) is 0 Å². The predicted octanol–water partition coefficient (Wildman–Crippen LogP) is 17.8. The number of nitrogens with zero attached hydrogens (tertiary/aromatic N) is 1. The third kappa shape index (κ3) is 52.5. The summed E-state index contributed by atoms with van der Waals surface area (Å²) < 4.78 is 23.8. The summed E-state index contributed by atoms with van der Waals surface area (Å²) >= 11 is 0. The van der Waals surface area contributed by atoms with Gasteiger partial charge in [0.15, 0.2) is 0 Å². The minimum Gasteiger partial charge on any atom is -0.391 e. The Bertz CT molecular complexity index is 1200. The highest BCUT2D eigenvalue weighted by atomic mass is 31.2. The van der Waals surface area contributed by atoms with Crippen molar-refractivity contribution in [3.05, 3.63) is 36.5 Å². The van der Waals surface area contributed by atoms with Crippen LogP contribution in [-0.4, -0.2) is 73.4 Å². The monoisotopic (exact) mass is 980 g/mol. The molecule has 3 atom stereocenters. The van der Waals surface area contributed by atoms with Gasteiger partial charge < -0.3 is 19.8 Å². The Labute approximate surface area is 423 Å². The molecule has 0 aliphatic rings. The van der Waals surface area contributed by atoms with Crippen molar-refractivity contribution in [2.24, 2.45) is 0 Å². The van der Waals surface area contributed by atoms with Gasteiger partial charge in [0.05, 0.1) is 39.9 Å². The Kier molecular flexibility index (Phi) is 49.7. The molecule has 0 saturated carbocycles. The maximum absolute atomic E-state index is 13.0. The summed E-state index contributed by atoms with van der Waals surface area (Å²) in [6, 6.07) is -0.761. The summed E-state index contributed by atoms with van der Waals surface area (Å²) in [7, 11) is 1.62.